The van der Waals surface area contributed by atoms with E-state index in [2.05, 4.69) is 37.9 Å². The Morgan fingerprint density at radius 3 is 1.38 bits per heavy atom. The van der Waals surface area contributed by atoms with Crippen molar-refractivity contribution >= 4 is 31.9 Å². The minimum Gasteiger partial charge on any atom is -0.221 e. The topological polar surface area (TPSA) is 0 Å². The highest BCUT2D eigenvalue weighted by molar-refractivity contribution is 9.11. The fraction of sp³-hybridized carbons (Fsp3) is 0.400. The van der Waals surface area contributed by atoms with Gasteiger partial charge in [0.15, 0.2) is 0 Å². The quantitative estimate of drug-likeness (QED) is 0.487. The standard InChI is InChI=1S/C10H2Br2F9/c11-5-1-4(2-6(12)3-5)7(13,9(16,17)18)8(14,15)10(19,20)21/h1-2H. The number of benzene rings is 1. The van der Waals surface area contributed by atoms with Crippen LogP contribution >= 0.6 is 31.9 Å². The van der Waals surface area contributed by atoms with Gasteiger partial charge in [-0.1, -0.05) is 31.9 Å². The van der Waals surface area contributed by atoms with Crippen LogP contribution in [0.4, 0.5) is 39.5 Å². The van der Waals surface area contributed by atoms with E-state index >= 15 is 0 Å². The molecule has 0 saturated carbocycles. The van der Waals surface area contributed by atoms with Gasteiger partial charge in [0.1, 0.15) is 0 Å². The van der Waals surface area contributed by atoms with Crippen molar-refractivity contribution in [1.82, 2.24) is 0 Å². The first-order valence-electron chi connectivity index (χ1n) is 4.73. The fourth-order valence-electron chi connectivity index (χ4n) is 1.42. The molecular formula is C10H2Br2F9. The van der Waals surface area contributed by atoms with Crippen molar-refractivity contribution in [1.29, 1.82) is 0 Å². The van der Waals surface area contributed by atoms with Crippen LogP contribution in [0.5, 0.6) is 0 Å². The molecule has 119 valence electrons. The van der Waals surface area contributed by atoms with Gasteiger partial charge in [0.05, 0.1) is 0 Å². The number of hydrogen-bond acceptors (Lipinski definition) is 0. The molecule has 0 aromatic heterocycles. The van der Waals surface area contributed by atoms with Crippen LogP contribution in [0.15, 0.2) is 21.1 Å². The Morgan fingerprint density at radius 2 is 1.10 bits per heavy atom. The van der Waals surface area contributed by atoms with Crippen molar-refractivity contribution in [3.63, 3.8) is 0 Å². The normalized spacial score (nSPS) is 16.7. The third kappa shape index (κ3) is 3.03. The molecule has 0 N–H and O–H groups in total. The number of alkyl halides is 9. The van der Waals surface area contributed by atoms with E-state index < -0.39 is 38.5 Å². The second kappa shape index (κ2) is 5.32. The van der Waals surface area contributed by atoms with Gasteiger partial charge < -0.3 is 0 Å². The zero-order valence-electron chi connectivity index (χ0n) is 9.31. The minimum absolute atomic E-state index is 0.151. The molecule has 0 bridgehead atoms. The van der Waals surface area contributed by atoms with E-state index in [1.807, 2.05) is 0 Å². The van der Waals surface area contributed by atoms with E-state index in [0.717, 1.165) is 0 Å². The minimum atomic E-state index is -6.74. The number of rotatable bonds is 2. The van der Waals surface area contributed by atoms with Crippen LogP contribution in [0.2, 0.25) is 0 Å². The molecule has 11 heteroatoms. The molecule has 1 radical (unpaired) electrons. The molecule has 1 aromatic rings. The maximum absolute atomic E-state index is 14.0. The molecule has 0 amide bonds. The number of hydrogen-bond donors (Lipinski definition) is 0. The maximum atomic E-state index is 14.0. The molecule has 0 nitrogen and oxygen atoms in total. The van der Waals surface area contributed by atoms with Crippen LogP contribution in [-0.2, 0) is 5.67 Å². The van der Waals surface area contributed by atoms with E-state index in [4.69, 9.17) is 0 Å². The lowest BCUT2D eigenvalue weighted by molar-refractivity contribution is -0.389. The summed E-state index contributed by atoms with van der Waals surface area (Å²) in [6.45, 7) is 0. The Morgan fingerprint density at radius 1 is 0.714 bits per heavy atom. The van der Waals surface area contributed by atoms with Crippen molar-refractivity contribution in [2.45, 2.75) is 23.9 Å². The van der Waals surface area contributed by atoms with Gasteiger partial charge in [-0.15, -0.1) is 0 Å². The molecule has 1 atom stereocenters. The lowest BCUT2D eigenvalue weighted by atomic mass is 9.88. The Hall–Kier alpha value is -0.450. The van der Waals surface area contributed by atoms with E-state index in [1.54, 1.807) is 0 Å². The first-order chi connectivity index (χ1) is 9.14. The molecule has 1 aromatic carbocycles. The van der Waals surface area contributed by atoms with Crippen molar-refractivity contribution in [3.05, 3.63) is 32.7 Å². The largest absolute Gasteiger partial charge is 0.457 e. The average molecular weight is 453 g/mol. The van der Waals surface area contributed by atoms with Gasteiger partial charge in [0.25, 0.3) is 0 Å². The van der Waals surface area contributed by atoms with Crippen molar-refractivity contribution in [3.8, 4) is 0 Å². The summed E-state index contributed by atoms with van der Waals surface area (Å²) < 4.78 is 114. The molecule has 21 heavy (non-hydrogen) atoms. The highest BCUT2D eigenvalue weighted by Gasteiger charge is 2.81. The molecule has 0 saturated heterocycles. The van der Waals surface area contributed by atoms with Crippen LogP contribution in [0.25, 0.3) is 0 Å². The predicted molar refractivity (Wildman–Crippen MR) is 60.5 cm³/mol. The Labute approximate surface area is 128 Å². The highest BCUT2D eigenvalue weighted by Crippen LogP contribution is 2.58. The molecule has 0 aliphatic heterocycles. The van der Waals surface area contributed by atoms with E-state index in [0.29, 0.717) is 0 Å². The Bertz CT molecular complexity index is 514. The summed E-state index contributed by atoms with van der Waals surface area (Å²) in [5.41, 5.74) is -7.85. The molecule has 1 rings (SSSR count). The first kappa shape index (κ1) is 18.6. The summed E-state index contributed by atoms with van der Waals surface area (Å²) in [5, 5.41) is 0. The summed E-state index contributed by atoms with van der Waals surface area (Å²) >= 11 is 5.09. The third-order valence-corrected chi connectivity index (χ3v) is 3.23. The summed E-state index contributed by atoms with van der Waals surface area (Å²) in [5.74, 6) is -6.68. The van der Waals surface area contributed by atoms with Crippen molar-refractivity contribution in [2.75, 3.05) is 0 Å². The zero-order valence-corrected chi connectivity index (χ0v) is 12.5. The Kier molecular flexibility index (Phi) is 4.71. The smallest absolute Gasteiger partial charge is 0.221 e. The van der Waals surface area contributed by atoms with Gasteiger partial charge in [0, 0.05) is 20.6 Å². The summed E-state index contributed by atoms with van der Waals surface area (Å²) in [7, 11) is 0. The van der Waals surface area contributed by atoms with E-state index in [9.17, 15) is 39.5 Å². The second-order valence-electron chi connectivity index (χ2n) is 3.79. The highest BCUT2D eigenvalue weighted by atomic mass is 79.9. The first-order valence-corrected chi connectivity index (χ1v) is 6.32. The maximum Gasteiger partial charge on any atom is 0.457 e. The van der Waals surface area contributed by atoms with Gasteiger partial charge in [-0.3, -0.25) is 0 Å². The van der Waals surface area contributed by atoms with Gasteiger partial charge in [-0.25, -0.2) is 4.39 Å². The SMILES string of the molecule is FC(F)(F)C(F)(F)C(F)(c1cc(Br)[c]c(Br)c1)C(F)(F)F. The van der Waals surface area contributed by atoms with Gasteiger partial charge in [-0.05, 0) is 12.1 Å². The molecule has 0 aliphatic rings. The lowest BCUT2D eigenvalue weighted by Crippen LogP contribution is -2.59. The van der Waals surface area contributed by atoms with Crippen LogP contribution in [-0.4, -0.2) is 18.3 Å². The summed E-state index contributed by atoms with van der Waals surface area (Å²) in [4.78, 5) is 0. The van der Waals surface area contributed by atoms with Gasteiger partial charge in [-0.2, -0.15) is 35.1 Å². The zero-order chi connectivity index (χ0) is 16.9. The van der Waals surface area contributed by atoms with Crippen molar-refractivity contribution in [2.24, 2.45) is 0 Å². The molecule has 0 fully saturated rings. The second-order valence-corrected chi connectivity index (χ2v) is 5.50. The lowest BCUT2D eigenvalue weighted by Gasteiger charge is -2.36. The van der Waals surface area contributed by atoms with Crippen LogP contribution in [0.1, 0.15) is 5.56 Å². The molecule has 1 unspecified atom stereocenters. The third-order valence-electron chi connectivity index (χ3n) is 2.38. The number of halogens is 11. The van der Waals surface area contributed by atoms with Crippen molar-refractivity contribution < 1.29 is 39.5 Å². The van der Waals surface area contributed by atoms with Crippen LogP contribution in [0, 0.1) is 6.07 Å². The fourth-order valence-corrected chi connectivity index (χ4v) is 2.60. The Balaban J connectivity index is 3.71. The summed E-state index contributed by atoms with van der Waals surface area (Å²) in [6, 6.07) is 2.50. The predicted octanol–water partition coefficient (Wildman–Crippen LogP) is 5.94. The van der Waals surface area contributed by atoms with Gasteiger partial charge >= 0.3 is 23.9 Å². The molecule has 0 heterocycles. The molecule has 0 aliphatic carbocycles. The van der Waals surface area contributed by atoms with E-state index in [1.165, 1.54) is 0 Å². The van der Waals surface area contributed by atoms with Crippen LogP contribution < -0.4 is 0 Å². The van der Waals surface area contributed by atoms with E-state index in [-0.39, 0.29) is 12.1 Å². The average Bonchev–Trinajstić information content (AvgIpc) is 2.22. The molecular weight excluding hydrogens is 451 g/mol. The van der Waals surface area contributed by atoms with Crippen LogP contribution in [0.3, 0.4) is 0 Å². The summed E-state index contributed by atoms with van der Waals surface area (Å²) in [6.07, 6.45) is -13.2. The van der Waals surface area contributed by atoms with Gasteiger partial charge in [0.2, 0.25) is 0 Å². The molecule has 0 spiro atoms. The monoisotopic (exact) mass is 451 g/mol.